The van der Waals surface area contributed by atoms with E-state index in [9.17, 15) is 9.18 Å². The van der Waals surface area contributed by atoms with Crippen LogP contribution in [0, 0.1) is 25.1 Å². The van der Waals surface area contributed by atoms with Crippen LogP contribution >= 0.6 is 0 Å². The van der Waals surface area contributed by atoms with Crippen LogP contribution in [-0.4, -0.2) is 22.2 Å². The van der Waals surface area contributed by atoms with Gasteiger partial charge in [-0.25, -0.2) is 9.07 Å². The Bertz CT molecular complexity index is 638. The van der Waals surface area contributed by atoms with Gasteiger partial charge in [-0.1, -0.05) is 5.92 Å². The van der Waals surface area contributed by atoms with Crippen molar-refractivity contribution in [3.05, 3.63) is 47.5 Å². The summed E-state index contributed by atoms with van der Waals surface area (Å²) in [5.41, 5.74) is 1.80. The number of nitrogens with one attached hydrogen (secondary N) is 1. The molecule has 1 amide bonds. The second kappa shape index (κ2) is 5.36. The molecule has 0 atom stereocenters. The maximum Gasteiger partial charge on any atom is 0.255 e. The Kier molecular flexibility index (Phi) is 3.62. The Morgan fingerprint density at radius 1 is 1.47 bits per heavy atom. The average Bonchev–Trinajstić information content (AvgIpc) is 2.79. The standard InChI is InChI=1S/C14H12FN3O/c1-3-8-16-14(19)13-9-17-18(10(13)2)12-6-4-11(15)5-7-12/h1,4-7,9H,8H2,2H3,(H,16,19). The first kappa shape index (κ1) is 12.8. The molecular formula is C14H12FN3O. The fourth-order valence-electron chi connectivity index (χ4n) is 1.70. The second-order valence-electron chi connectivity index (χ2n) is 3.92. The molecule has 0 saturated carbocycles. The number of terminal acetylenes is 1. The van der Waals surface area contributed by atoms with E-state index in [0.29, 0.717) is 16.9 Å². The van der Waals surface area contributed by atoms with E-state index in [4.69, 9.17) is 6.42 Å². The van der Waals surface area contributed by atoms with E-state index in [2.05, 4.69) is 16.3 Å². The van der Waals surface area contributed by atoms with Crippen LogP contribution in [-0.2, 0) is 0 Å². The van der Waals surface area contributed by atoms with Gasteiger partial charge in [0.1, 0.15) is 5.82 Å². The van der Waals surface area contributed by atoms with Gasteiger partial charge in [0, 0.05) is 0 Å². The molecule has 0 fully saturated rings. The highest BCUT2D eigenvalue weighted by Crippen LogP contribution is 2.14. The van der Waals surface area contributed by atoms with Crippen molar-refractivity contribution >= 4 is 5.91 Å². The molecule has 0 unspecified atom stereocenters. The molecule has 0 aliphatic heterocycles. The minimum atomic E-state index is -0.319. The molecule has 1 aromatic heterocycles. The van der Waals surface area contributed by atoms with Crippen LogP contribution in [0.4, 0.5) is 4.39 Å². The molecule has 19 heavy (non-hydrogen) atoms. The Morgan fingerprint density at radius 3 is 2.79 bits per heavy atom. The SMILES string of the molecule is C#CCNC(=O)c1cnn(-c2ccc(F)cc2)c1C. The summed E-state index contributed by atoms with van der Waals surface area (Å²) in [5, 5.41) is 6.70. The summed E-state index contributed by atoms with van der Waals surface area (Å²) in [6.45, 7) is 1.93. The van der Waals surface area contributed by atoms with Crippen molar-refractivity contribution in [1.82, 2.24) is 15.1 Å². The fourth-order valence-corrected chi connectivity index (χ4v) is 1.70. The third-order valence-corrected chi connectivity index (χ3v) is 2.68. The number of amides is 1. The maximum absolute atomic E-state index is 12.9. The number of rotatable bonds is 3. The first-order valence-corrected chi connectivity index (χ1v) is 5.65. The van der Waals surface area contributed by atoms with E-state index < -0.39 is 0 Å². The monoisotopic (exact) mass is 257 g/mol. The van der Waals surface area contributed by atoms with Crippen molar-refractivity contribution in [2.24, 2.45) is 0 Å². The summed E-state index contributed by atoms with van der Waals surface area (Å²) >= 11 is 0. The number of nitrogens with zero attached hydrogens (tertiary/aromatic N) is 2. The van der Waals surface area contributed by atoms with Crippen LogP contribution in [0.2, 0.25) is 0 Å². The quantitative estimate of drug-likeness (QED) is 0.850. The van der Waals surface area contributed by atoms with Crippen molar-refractivity contribution in [2.75, 3.05) is 6.54 Å². The van der Waals surface area contributed by atoms with Crippen LogP contribution in [0.15, 0.2) is 30.5 Å². The van der Waals surface area contributed by atoms with Crippen molar-refractivity contribution in [3.8, 4) is 18.0 Å². The van der Waals surface area contributed by atoms with E-state index in [1.165, 1.54) is 18.3 Å². The normalized spacial score (nSPS) is 9.95. The van der Waals surface area contributed by atoms with Crippen LogP contribution in [0.1, 0.15) is 16.1 Å². The van der Waals surface area contributed by atoms with Crippen molar-refractivity contribution in [1.29, 1.82) is 0 Å². The van der Waals surface area contributed by atoms with E-state index in [-0.39, 0.29) is 18.3 Å². The molecular weight excluding hydrogens is 245 g/mol. The molecule has 4 nitrogen and oxygen atoms in total. The zero-order chi connectivity index (χ0) is 13.8. The number of halogens is 1. The van der Waals surface area contributed by atoms with E-state index in [1.807, 2.05) is 0 Å². The molecule has 0 saturated heterocycles. The largest absolute Gasteiger partial charge is 0.341 e. The Balaban J connectivity index is 2.30. The van der Waals surface area contributed by atoms with Crippen molar-refractivity contribution < 1.29 is 9.18 Å². The van der Waals surface area contributed by atoms with E-state index >= 15 is 0 Å². The van der Waals surface area contributed by atoms with Gasteiger partial charge in [0.2, 0.25) is 0 Å². The van der Waals surface area contributed by atoms with Gasteiger partial charge in [-0.05, 0) is 31.2 Å². The van der Waals surface area contributed by atoms with Gasteiger partial charge in [-0.15, -0.1) is 6.42 Å². The predicted octanol–water partition coefficient (Wildman–Crippen LogP) is 1.68. The topological polar surface area (TPSA) is 46.9 Å². The minimum absolute atomic E-state index is 0.167. The Morgan fingerprint density at radius 2 is 2.16 bits per heavy atom. The molecule has 0 bridgehead atoms. The lowest BCUT2D eigenvalue weighted by molar-refractivity contribution is 0.0958. The highest BCUT2D eigenvalue weighted by atomic mass is 19.1. The summed E-state index contributed by atoms with van der Waals surface area (Å²) in [5.74, 6) is 1.74. The molecule has 1 N–H and O–H groups in total. The zero-order valence-electron chi connectivity index (χ0n) is 10.4. The summed E-state index contributed by atoms with van der Waals surface area (Å²) < 4.78 is 14.4. The third kappa shape index (κ3) is 2.63. The molecule has 1 heterocycles. The lowest BCUT2D eigenvalue weighted by Crippen LogP contribution is -2.23. The van der Waals surface area contributed by atoms with Crippen LogP contribution < -0.4 is 5.32 Å². The predicted molar refractivity (Wildman–Crippen MR) is 69.4 cm³/mol. The number of benzene rings is 1. The molecule has 0 radical (unpaired) electrons. The summed E-state index contributed by atoms with van der Waals surface area (Å²) in [7, 11) is 0. The Hall–Kier alpha value is -2.61. The highest BCUT2D eigenvalue weighted by molar-refractivity contribution is 5.95. The summed E-state index contributed by atoms with van der Waals surface area (Å²) in [6, 6.07) is 5.87. The van der Waals surface area contributed by atoms with Crippen LogP contribution in [0.3, 0.4) is 0 Å². The van der Waals surface area contributed by atoms with Crippen LogP contribution in [0.25, 0.3) is 5.69 Å². The lowest BCUT2D eigenvalue weighted by atomic mass is 10.2. The molecule has 1 aromatic carbocycles. The second-order valence-corrected chi connectivity index (χ2v) is 3.92. The molecule has 2 aromatic rings. The van der Waals surface area contributed by atoms with Crippen LogP contribution in [0.5, 0.6) is 0 Å². The van der Waals surface area contributed by atoms with Gasteiger partial charge in [-0.2, -0.15) is 5.10 Å². The molecule has 0 aliphatic carbocycles. The number of carbonyl (C=O) groups excluding carboxylic acids is 1. The van der Waals surface area contributed by atoms with Crippen molar-refractivity contribution in [3.63, 3.8) is 0 Å². The molecule has 2 rings (SSSR count). The number of hydrogen-bond donors (Lipinski definition) is 1. The first-order valence-electron chi connectivity index (χ1n) is 5.65. The van der Waals surface area contributed by atoms with Gasteiger partial charge in [-0.3, -0.25) is 4.79 Å². The summed E-state index contributed by atoms with van der Waals surface area (Å²) in [4.78, 5) is 11.8. The van der Waals surface area contributed by atoms with E-state index in [0.717, 1.165) is 0 Å². The first-order chi connectivity index (χ1) is 9.13. The zero-order valence-corrected chi connectivity index (χ0v) is 10.4. The summed E-state index contributed by atoms with van der Waals surface area (Å²) in [6.07, 6.45) is 6.55. The van der Waals surface area contributed by atoms with Gasteiger partial charge < -0.3 is 5.32 Å². The lowest BCUT2D eigenvalue weighted by Gasteiger charge is -2.05. The molecule has 0 spiro atoms. The number of carbonyl (C=O) groups is 1. The van der Waals surface area contributed by atoms with Crippen molar-refractivity contribution in [2.45, 2.75) is 6.92 Å². The van der Waals surface area contributed by atoms with Gasteiger partial charge in [0.15, 0.2) is 0 Å². The van der Waals surface area contributed by atoms with Gasteiger partial charge in [0.05, 0.1) is 29.7 Å². The number of hydrogen-bond acceptors (Lipinski definition) is 2. The molecule has 96 valence electrons. The maximum atomic E-state index is 12.9. The van der Waals surface area contributed by atoms with E-state index in [1.54, 1.807) is 23.7 Å². The fraction of sp³-hybridized carbons (Fsp3) is 0.143. The third-order valence-electron chi connectivity index (χ3n) is 2.68. The minimum Gasteiger partial charge on any atom is -0.341 e. The van der Waals surface area contributed by atoms with Gasteiger partial charge >= 0.3 is 0 Å². The Labute approximate surface area is 110 Å². The molecule has 0 aliphatic rings. The molecule has 5 heteroatoms. The van der Waals surface area contributed by atoms with Gasteiger partial charge in [0.25, 0.3) is 5.91 Å². The average molecular weight is 257 g/mol. The highest BCUT2D eigenvalue weighted by Gasteiger charge is 2.14. The number of aromatic nitrogens is 2. The smallest absolute Gasteiger partial charge is 0.255 e.